The molecule has 0 fully saturated rings. The quantitative estimate of drug-likeness (QED) is 0.691. The van der Waals surface area contributed by atoms with Gasteiger partial charge in [-0.25, -0.2) is 0 Å². The lowest BCUT2D eigenvalue weighted by atomic mass is 10.3. The van der Waals surface area contributed by atoms with E-state index < -0.39 is 0 Å². The molecule has 0 atom stereocenters. The maximum Gasteiger partial charge on any atom is 0.179 e. The van der Waals surface area contributed by atoms with Crippen LogP contribution < -0.4 is 9.47 Å². The molecule has 0 aliphatic heterocycles. The smallest absolute Gasteiger partial charge is 0.179 e. The molecule has 0 unspecified atom stereocenters. The van der Waals surface area contributed by atoms with Gasteiger partial charge < -0.3 is 9.47 Å². The van der Waals surface area contributed by atoms with Gasteiger partial charge >= 0.3 is 0 Å². The second kappa shape index (κ2) is 4.64. The number of para-hydroxylation sites is 1. The summed E-state index contributed by atoms with van der Waals surface area (Å²) in [5.41, 5.74) is 0. The number of terminal acetylenes is 1. The highest BCUT2D eigenvalue weighted by Gasteiger charge is 2.06. The molecule has 68 valence electrons. The van der Waals surface area contributed by atoms with Crippen molar-refractivity contribution in [3.05, 3.63) is 23.2 Å². The Labute approximate surface area is 82.4 Å². The van der Waals surface area contributed by atoms with Gasteiger partial charge in [0.15, 0.2) is 11.5 Å². The highest BCUT2D eigenvalue weighted by Crippen LogP contribution is 2.34. The minimum absolute atomic E-state index is 0.205. The summed E-state index contributed by atoms with van der Waals surface area (Å²) in [7, 11) is 1.53. The van der Waals surface area contributed by atoms with Crippen molar-refractivity contribution in [1.82, 2.24) is 0 Å². The number of ether oxygens (including phenoxy) is 2. The summed E-state index contributed by atoms with van der Waals surface area (Å²) >= 11 is 5.85. The fourth-order valence-corrected chi connectivity index (χ4v) is 1.16. The van der Waals surface area contributed by atoms with Gasteiger partial charge in [-0.15, -0.1) is 6.42 Å². The number of hydrogen-bond donors (Lipinski definition) is 0. The molecule has 0 radical (unpaired) electrons. The highest BCUT2D eigenvalue weighted by atomic mass is 35.5. The van der Waals surface area contributed by atoms with E-state index in [4.69, 9.17) is 27.5 Å². The zero-order chi connectivity index (χ0) is 9.68. The number of halogens is 1. The Hall–Kier alpha value is -1.33. The largest absolute Gasteiger partial charge is 0.491 e. The molecule has 1 rings (SSSR count). The van der Waals surface area contributed by atoms with E-state index in [-0.39, 0.29) is 6.61 Å². The minimum atomic E-state index is 0.205. The van der Waals surface area contributed by atoms with Crippen LogP contribution in [-0.2, 0) is 0 Å². The third kappa shape index (κ3) is 2.30. The van der Waals surface area contributed by atoms with Crippen LogP contribution in [0.4, 0.5) is 0 Å². The van der Waals surface area contributed by atoms with Gasteiger partial charge in [0.05, 0.1) is 12.1 Å². The van der Waals surface area contributed by atoms with Crippen LogP contribution in [0.2, 0.25) is 5.02 Å². The van der Waals surface area contributed by atoms with Crippen LogP contribution in [0.1, 0.15) is 0 Å². The Balaban J connectivity index is 2.93. The normalized spacial score (nSPS) is 9.00. The first-order valence-corrected chi connectivity index (χ1v) is 4.06. The molecule has 0 aliphatic rings. The van der Waals surface area contributed by atoms with Gasteiger partial charge in [0.25, 0.3) is 0 Å². The summed E-state index contributed by atoms with van der Waals surface area (Å²) in [5.74, 6) is 3.44. The van der Waals surface area contributed by atoms with Crippen molar-refractivity contribution in [3.63, 3.8) is 0 Å². The van der Waals surface area contributed by atoms with Gasteiger partial charge in [-0.2, -0.15) is 0 Å². The fourth-order valence-electron chi connectivity index (χ4n) is 0.920. The topological polar surface area (TPSA) is 18.5 Å². The first kappa shape index (κ1) is 9.76. The Kier molecular flexibility index (Phi) is 3.48. The summed E-state index contributed by atoms with van der Waals surface area (Å²) in [5, 5.41) is 0.511. The van der Waals surface area contributed by atoms with Gasteiger partial charge in [-0.1, -0.05) is 23.6 Å². The van der Waals surface area contributed by atoms with Crippen molar-refractivity contribution in [2.45, 2.75) is 0 Å². The van der Waals surface area contributed by atoms with Crippen LogP contribution in [0.25, 0.3) is 0 Å². The zero-order valence-electron chi connectivity index (χ0n) is 7.21. The van der Waals surface area contributed by atoms with E-state index >= 15 is 0 Å². The van der Waals surface area contributed by atoms with Gasteiger partial charge in [0, 0.05) is 0 Å². The van der Waals surface area contributed by atoms with Crippen molar-refractivity contribution in [2.75, 3.05) is 13.7 Å². The van der Waals surface area contributed by atoms with Crippen molar-refractivity contribution < 1.29 is 9.47 Å². The second-order valence-electron chi connectivity index (χ2n) is 2.26. The van der Waals surface area contributed by atoms with E-state index in [9.17, 15) is 0 Å². The molecule has 3 heteroatoms. The standard InChI is InChI=1S/C10H9ClO2/c1-3-7-13-9-6-4-5-8(11)10(9)12-2/h1,4-6H,7H2,2H3. The number of hydrogen-bond acceptors (Lipinski definition) is 2. The molecule has 0 N–H and O–H groups in total. The van der Waals surface area contributed by atoms with E-state index in [1.165, 1.54) is 7.11 Å². The van der Waals surface area contributed by atoms with Crippen LogP contribution in [0.15, 0.2) is 18.2 Å². The molecule has 0 aliphatic carbocycles. The summed E-state index contributed by atoms with van der Waals surface area (Å²) in [6.07, 6.45) is 5.06. The monoisotopic (exact) mass is 196 g/mol. The molecule has 0 aromatic heterocycles. The van der Waals surface area contributed by atoms with Crippen LogP contribution >= 0.6 is 11.6 Å². The minimum Gasteiger partial charge on any atom is -0.491 e. The lowest BCUT2D eigenvalue weighted by molar-refractivity contribution is 0.331. The maximum absolute atomic E-state index is 5.85. The highest BCUT2D eigenvalue weighted by molar-refractivity contribution is 6.32. The first-order chi connectivity index (χ1) is 6.29. The molecule has 0 amide bonds. The average molecular weight is 197 g/mol. The van der Waals surface area contributed by atoms with Gasteiger partial charge in [0.1, 0.15) is 6.61 Å². The van der Waals surface area contributed by atoms with Crippen LogP contribution in [0.3, 0.4) is 0 Å². The Morgan fingerprint density at radius 3 is 2.92 bits per heavy atom. The fraction of sp³-hybridized carbons (Fsp3) is 0.200. The first-order valence-electron chi connectivity index (χ1n) is 3.68. The number of methoxy groups -OCH3 is 1. The predicted molar refractivity (Wildman–Crippen MR) is 52.3 cm³/mol. The summed E-state index contributed by atoms with van der Waals surface area (Å²) in [4.78, 5) is 0. The van der Waals surface area contributed by atoms with Crippen LogP contribution in [0.5, 0.6) is 11.5 Å². The van der Waals surface area contributed by atoms with Crippen molar-refractivity contribution >= 4 is 11.6 Å². The average Bonchev–Trinajstić information content (AvgIpc) is 2.15. The molecule has 1 aromatic carbocycles. The molecule has 0 spiro atoms. The number of rotatable bonds is 3. The molecule has 0 saturated heterocycles. The third-order valence-electron chi connectivity index (χ3n) is 1.45. The lowest BCUT2D eigenvalue weighted by Gasteiger charge is -2.09. The molecule has 13 heavy (non-hydrogen) atoms. The molecular weight excluding hydrogens is 188 g/mol. The van der Waals surface area contributed by atoms with Crippen LogP contribution in [-0.4, -0.2) is 13.7 Å². The Morgan fingerprint density at radius 1 is 1.54 bits per heavy atom. The van der Waals surface area contributed by atoms with Crippen molar-refractivity contribution in [3.8, 4) is 23.8 Å². The van der Waals surface area contributed by atoms with Crippen molar-refractivity contribution in [2.24, 2.45) is 0 Å². The molecule has 1 aromatic rings. The Bertz CT molecular complexity index is 328. The van der Waals surface area contributed by atoms with Crippen molar-refractivity contribution in [1.29, 1.82) is 0 Å². The maximum atomic E-state index is 5.85. The second-order valence-corrected chi connectivity index (χ2v) is 2.67. The molecule has 0 saturated carbocycles. The molecule has 0 bridgehead atoms. The Morgan fingerprint density at radius 2 is 2.31 bits per heavy atom. The zero-order valence-corrected chi connectivity index (χ0v) is 7.97. The van der Waals surface area contributed by atoms with E-state index in [0.29, 0.717) is 16.5 Å². The molecular formula is C10H9ClO2. The third-order valence-corrected chi connectivity index (χ3v) is 1.74. The van der Waals surface area contributed by atoms with Crippen LogP contribution in [0, 0.1) is 12.3 Å². The summed E-state index contributed by atoms with van der Waals surface area (Å²) < 4.78 is 10.3. The SMILES string of the molecule is C#CCOc1cccc(Cl)c1OC. The predicted octanol–water partition coefficient (Wildman–Crippen LogP) is 2.36. The molecule has 0 heterocycles. The lowest BCUT2D eigenvalue weighted by Crippen LogP contribution is -1.96. The number of benzene rings is 1. The summed E-state index contributed by atoms with van der Waals surface area (Å²) in [6, 6.07) is 5.25. The summed E-state index contributed by atoms with van der Waals surface area (Å²) in [6.45, 7) is 0.205. The molecule has 2 nitrogen and oxygen atoms in total. The van der Waals surface area contributed by atoms with E-state index in [1.807, 2.05) is 0 Å². The van der Waals surface area contributed by atoms with E-state index in [1.54, 1.807) is 18.2 Å². The van der Waals surface area contributed by atoms with Gasteiger partial charge in [-0.3, -0.25) is 0 Å². The van der Waals surface area contributed by atoms with Gasteiger partial charge in [-0.05, 0) is 12.1 Å². The van der Waals surface area contributed by atoms with E-state index in [0.717, 1.165) is 0 Å². The van der Waals surface area contributed by atoms with E-state index in [2.05, 4.69) is 5.92 Å². The van der Waals surface area contributed by atoms with Gasteiger partial charge in [0.2, 0.25) is 0 Å².